The molecule has 0 saturated heterocycles. The summed E-state index contributed by atoms with van der Waals surface area (Å²) in [6.07, 6.45) is 0.0145. The van der Waals surface area contributed by atoms with Gasteiger partial charge in [0.25, 0.3) is 11.8 Å². The number of nitrogens with one attached hydrogen (secondary N) is 1. The van der Waals surface area contributed by atoms with Crippen LogP contribution >= 0.6 is 0 Å². The summed E-state index contributed by atoms with van der Waals surface area (Å²) in [5.74, 6) is 0.212. The lowest BCUT2D eigenvalue weighted by molar-refractivity contribution is -0.145. The van der Waals surface area contributed by atoms with E-state index in [0.717, 1.165) is 5.56 Å². The molecule has 28 heavy (non-hydrogen) atoms. The van der Waals surface area contributed by atoms with Crippen LogP contribution in [0.3, 0.4) is 0 Å². The molecule has 0 radical (unpaired) electrons. The molecule has 0 aliphatic carbocycles. The molecule has 1 aromatic heterocycles. The number of hydrogen-bond acceptors (Lipinski definition) is 7. The number of hydrogen-bond donors (Lipinski definition) is 1. The number of nitrogens with zero attached hydrogens (tertiary/aromatic N) is 2. The summed E-state index contributed by atoms with van der Waals surface area (Å²) in [5.41, 5.74) is 1.18. The minimum atomic E-state index is -0.486. The van der Waals surface area contributed by atoms with Crippen molar-refractivity contribution >= 4 is 11.9 Å². The first-order valence-corrected chi connectivity index (χ1v) is 8.62. The highest BCUT2D eigenvalue weighted by Gasteiger charge is 2.13. The number of amides is 1. The predicted molar refractivity (Wildman–Crippen MR) is 99.5 cm³/mol. The largest absolute Gasteiger partial charge is 0.496 e. The van der Waals surface area contributed by atoms with E-state index >= 15 is 0 Å². The van der Waals surface area contributed by atoms with E-state index in [2.05, 4.69) is 15.5 Å². The molecule has 0 atom stereocenters. The molecule has 1 heterocycles. The molecule has 8 heteroatoms. The number of benzene rings is 2. The maximum Gasteiger partial charge on any atom is 0.308 e. The van der Waals surface area contributed by atoms with Crippen LogP contribution in [0.5, 0.6) is 5.75 Å². The zero-order valence-electron chi connectivity index (χ0n) is 15.3. The molecular weight excluding hydrogens is 362 g/mol. The summed E-state index contributed by atoms with van der Waals surface area (Å²) in [6, 6.07) is 16.1. The number of carbonyl (C=O) groups is 2. The van der Waals surface area contributed by atoms with E-state index in [1.165, 1.54) is 7.11 Å². The zero-order valence-corrected chi connectivity index (χ0v) is 15.3. The van der Waals surface area contributed by atoms with Gasteiger partial charge in [-0.1, -0.05) is 30.3 Å². The van der Waals surface area contributed by atoms with Crippen molar-refractivity contribution in [2.24, 2.45) is 0 Å². The molecule has 8 nitrogen and oxygen atoms in total. The van der Waals surface area contributed by atoms with E-state index in [1.807, 2.05) is 30.3 Å². The van der Waals surface area contributed by atoms with Crippen molar-refractivity contribution in [1.82, 2.24) is 15.5 Å². The number of rotatable bonds is 8. The average Bonchev–Trinajstić information content (AvgIpc) is 3.22. The van der Waals surface area contributed by atoms with Gasteiger partial charge in [0.05, 0.1) is 19.1 Å². The smallest absolute Gasteiger partial charge is 0.308 e. The van der Waals surface area contributed by atoms with Gasteiger partial charge in [-0.2, -0.15) is 0 Å². The van der Waals surface area contributed by atoms with Crippen molar-refractivity contribution < 1.29 is 23.5 Å². The summed E-state index contributed by atoms with van der Waals surface area (Å²) >= 11 is 0. The Labute approximate surface area is 161 Å². The Bertz CT molecular complexity index is 940. The lowest BCUT2D eigenvalue weighted by atomic mass is 10.2. The van der Waals surface area contributed by atoms with Gasteiger partial charge in [0, 0.05) is 12.1 Å². The van der Waals surface area contributed by atoms with E-state index < -0.39 is 5.97 Å². The Morgan fingerprint density at radius 3 is 2.57 bits per heavy atom. The van der Waals surface area contributed by atoms with Gasteiger partial charge in [0.15, 0.2) is 6.61 Å². The fourth-order valence-corrected chi connectivity index (χ4v) is 2.43. The van der Waals surface area contributed by atoms with Crippen LogP contribution in [0.4, 0.5) is 0 Å². The van der Waals surface area contributed by atoms with Crippen LogP contribution in [0.1, 0.15) is 22.7 Å². The molecule has 144 valence electrons. The first kappa shape index (κ1) is 19.1. The zero-order chi connectivity index (χ0) is 19.8. The van der Waals surface area contributed by atoms with Crippen LogP contribution in [-0.2, 0) is 16.1 Å². The third kappa shape index (κ3) is 4.94. The summed E-state index contributed by atoms with van der Waals surface area (Å²) in [4.78, 5) is 24.0. The quantitative estimate of drug-likeness (QED) is 0.598. The van der Waals surface area contributed by atoms with Crippen molar-refractivity contribution in [3.05, 3.63) is 66.1 Å². The van der Waals surface area contributed by atoms with Crippen LogP contribution in [0.25, 0.3) is 11.5 Å². The van der Waals surface area contributed by atoms with Crippen molar-refractivity contribution in [2.75, 3.05) is 13.7 Å². The van der Waals surface area contributed by atoms with E-state index in [-0.39, 0.29) is 31.4 Å². The van der Waals surface area contributed by atoms with Gasteiger partial charge in [0.1, 0.15) is 5.75 Å². The Hall–Kier alpha value is -3.68. The molecule has 0 saturated carbocycles. The predicted octanol–water partition coefficient (Wildman–Crippen LogP) is 2.61. The number of esters is 1. The Morgan fingerprint density at radius 1 is 1.04 bits per heavy atom. The lowest BCUT2D eigenvalue weighted by Crippen LogP contribution is -2.26. The van der Waals surface area contributed by atoms with Crippen LogP contribution in [-0.4, -0.2) is 35.7 Å². The van der Waals surface area contributed by atoms with Crippen molar-refractivity contribution in [3.8, 4) is 17.2 Å². The average molecular weight is 381 g/mol. The minimum Gasteiger partial charge on any atom is -0.496 e. The third-order valence-corrected chi connectivity index (χ3v) is 3.81. The van der Waals surface area contributed by atoms with Gasteiger partial charge in [-0.3, -0.25) is 9.59 Å². The van der Waals surface area contributed by atoms with E-state index in [9.17, 15) is 9.59 Å². The highest BCUT2D eigenvalue weighted by atomic mass is 16.5. The summed E-state index contributed by atoms with van der Waals surface area (Å²) in [6.45, 7) is 0.00787. The van der Waals surface area contributed by atoms with Gasteiger partial charge in [0.2, 0.25) is 5.89 Å². The molecule has 0 spiro atoms. The Morgan fingerprint density at radius 2 is 1.79 bits per heavy atom. The second-order valence-corrected chi connectivity index (χ2v) is 5.73. The summed E-state index contributed by atoms with van der Waals surface area (Å²) in [7, 11) is 1.49. The molecule has 3 rings (SSSR count). The number of ether oxygens (including phenoxy) is 2. The molecular formula is C20H19N3O5. The first-order valence-electron chi connectivity index (χ1n) is 8.62. The maximum absolute atomic E-state index is 12.1. The molecule has 3 aromatic rings. The van der Waals surface area contributed by atoms with Gasteiger partial charge in [-0.05, 0) is 24.3 Å². The van der Waals surface area contributed by atoms with Gasteiger partial charge in [-0.25, -0.2) is 0 Å². The van der Waals surface area contributed by atoms with Gasteiger partial charge < -0.3 is 19.2 Å². The molecule has 0 aliphatic heterocycles. The fraction of sp³-hybridized carbons (Fsp3) is 0.200. The molecule has 0 bridgehead atoms. The highest BCUT2D eigenvalue weighted by molar-refractivity contribution is 5.97. The molecule has 0 fully saturated rings. The van der Waals surface area contributed by atoms with E-state index in [1.54, 1.807) is 24.3 Å². The number of aromatic nitrogens is 2. The topological polar surface area (TPSA) is 104 Å². The molecule has 0 unspecified atom stereocenters. The second kappa shape index (κ2) is 9.31. The SMILES string of the molecule is COc1ccccc1C(=O)NCCC(=O)OCc1nnc(-c2ccccc2)o1. The molecule has 2 aromatic carbocycles. The standard InChI is InChI=1S/C20H19N3O5/c1-26-16-10-6-5-9-15(16)19(25)21-12-11-18(24)27-13-17-22-23-20(28-17)14-7-3-2-4-8-14/h2-10H,11-13H2,1H3,(H,21,25). The fourth-order valence-electron chi connectivity index (χ4n) is 2.43. The highest BCUT2D eigenvalue weighted by Crippen LogP contribution is 2.18. The molecule has 0 aliphatic rings. The minimum absolute atomic E-state index is 0.0145. The lowest BCUT2D eigenvalue weighted by Gasteiger charge is -2.08. The Kier molecular flexibility index (Phi) is 6.35. The summed E-state index contributed by atoms with van der Waals surface area (Å²) < 4.78 is 15.7. The van der Waals surface area contributed by atoms with Gasteiger partial charge in [-0.15, -0.1) is 10.2 Å². The van der Waals surface area contributed by atoms with Crippen LogP contribution in [0, 0.1) is 0 Å². The van der Waals surface area contributed by atoms with Crippen molar-refractivity contribution in [2.45, 2.75) is 13.0 Å². The second-order valence-electron chi connectivity index (χ2n) is 5.73. The normalized spacial score (nSPS) is 10.3. The molecule has 1 N–H and O–H groups in total. The summed E-state index contributed by atoms with van der Waals surface area (Å²) in [5, 5.41) is 10.4. The van der Waals surface area contributed by atoms with Crippen LogP contribution < -0.4 is 10.1 Å². The van der Waals surface area contributed by atoms with Crippen molar-refractivity contribution in [3.63, 3.8) is 0 Å². The number of carbonyl (C=O) groups excluding carboxylic acids is 2. The van der Waals surface area contributed by atoms with Gasteiger partial charge >= 0.3 is 5.97 Å². The molecule has 1 amide bonds. The van der Waals surface area contributed by atoms with E-state index in [4.69, 9.17) is 13.9 Å². The number of methoxy groups -OCH3 is 1. The van der Waals surface area contributed by atoms with Crippen LogP contribution in [0.15, 0.2) is 59.0 Å². The number of para-hydroxylation sites is 1. The van der Waals surface area contributed by atoms with E-state index in [0.29, 0.717) is 17.2 Å². The maximum atomic E-state index is 12.1. The Balaban J connectivity index is 1.43. The first-order chi connectivity index (χ1) is 13.7. The van der Waals surface area contributed by atoms with Crippen LogP contribution in [0.2, 0.25) is 0 Å². The monoisotopic (exact) mass is 381 g/mol. The van der Waals surface area contributed by atoms with Crippen molar-refractivity contribution in [1.29, 1.82) is 0 Å². The third-order valence-electron chi connectivity index (χ3n) is 3.81.